The Bertz CT molecular complexity index is 729. The molecule has 0 bridgehead atoms. The Morgan fingerprint density at radius 2 is 0.964 bits per heavy atom. The number of rotatable bonds is 10. The van der Waals surface area contributed by atoms with Crippen LogP contribution < -0.4 is 18.9 Å². The Morgan fingerprint density at radius 3 is 1.21 bits per heavy atom. The summed E-state index contributed by atoms with van der Waals surface area (Å²) in [5.41, 5.74) is 0.781. The van der Waals surface area contributed by atoms with Crippen molar-refractivity contribution in [2.45, 2.75) is 19.8 Å². The lowest BCUT2D eigenvalue weighted by molar-refractivity contribution is 0.0922. The maximum Gasteiger partial charge on any atom is 0.170 e. The fourth-order valence-electron chi connectivity index (χ4n) is 3.16. The van der Waals surface area contributed by atoms with Gasteiger partial charge in [-0.1, -0.05) is 19.1 Å². The van der Waals surface area contributed by atoms with E-state index in [1.54, 1.807) is 36.4 Å². The molecule has 2 aromatic rings. The van der Waals surface area contributed by atoms with E-state index >= 15 is 0 Å². The molecule has 2 rings (SSSR count). The molecule has 0 heterocycles. The topological polar surface area (TPSA) is 71.1 Å². The van der Waals surface area contributed by atoms with Crippen molar-refractivity contribution in [2.75, 3.05) is 28.4 Å². The number of carbonyl (C=O) groups excluding carboxylic acids is 2. The minimum Gasteiger partial charge on any atom is -0.496 e. The van der Waals surface area contributed by atoms with E-state index in [1.807, 2.05) is 6.92 Å². The van der Waals surface area contributed by atoms with E-state index in [0.717, 1.165) is 0 Å². The largest absolute Gasteiger partial charge is 0.496 e. The molecule has 0 radical (unpaired) electrons. The van der Waals surface area contributed by atoms with Crippen molar-refractivity contribution in [3.05, 3.63) is 47.5 Å². The highest BCUT2D eigenvalue weighted by molar-refractivity contribution is 6.03. The molecule has 6 heteroatoms. The number of hydrogen-bond acceptors (Lipinski definition) is 6. The third-order valence-electron chi connectivity index (χ3n) is 4.48. The first-order chi connectivity index (χ1) is 13.5. The summed E-state index contributed by atoms with van der Waals surface area (Å²) in [5.74, 6) is 1.35. The second-order valence-corrected chi connectivity index (χ2v) is 6.43. The Kier molecular flexibility index (Phi) is 7.44. The van der Waals surface area contributed by atoms with Gasteiger partial charge >= 0.3 is 0 Å². The second kappa shape index (κ2) is 9.78. The second-order valence-electron chi connectivity index (χ2n) is 6.43. The first kappa shape index (κ1) is 21.3. The number of ketones is 2. The number of carbonyl (C=O) groups is 2. The van der Waals surface area contributed by atoms with Gasteiger partial charge in [0.2, 0.25) is 0 Å². The van der Waals surface area contributed by atoms with E-state index in [2.05, 4.69) is 0 Å². The highest BCUT2D eigenvalue weighted by atomic mass is 16.5. The normalized spacial score (nSPS) is 10.5. The summed E-state index contributed by atoms with van der Waals surface area (Å²) in [6.45, 7) is 1.86. The SMILES string of the molecule is COc1cccc(OC)c1C(=O)CC(C)CC(=O)c1c(OC)cccc1OC. The van der Waals surface area contributed by atoms with Crippen LogP contribution in [0.25, 0.3) is 0 Å². The summed E-state index contributed by atoms with van der Waals surface area (Å²) >= 11 is 0. The molecule has 0 N–H and O–H groups in total. The molecule has 0 atom stereocenters. The van der Waals surface area contributed by atoms with Crippen LogP contribution in [0.3, 0.4) is 0 Å². The minimum absolute atomic E-state index is 0.137. The van der Waals surface area contributed by atoms with Gasteiger partial charge in [-0.25, -0.2) is 0 Å². The molecule has 0 amide bonds. The number of hydrogen-bond donors (Lipinski definition) is 0. The molecule has 0 saturated heterocycles. The molecule has 0 saturated carbocycles. The van der Waals surface area contributed by atoms with Crippen LogP contribution in [-0.2, 0) is 0 Å². The molecule has 0 aliphatic rings. The van der Waals surface area contributed by atoms with Crippen molar-refractivity contribution in [1.29, 1.82) is 0 Å². The fourth-order valence-corrected chi connectivity index (χ4v) is 3.16. The van der Waals surface area contributed by atoms with Gasteiger partial charge in [0.25, 0.3) is 0 Å². The van der Waals surface area contributed by atoms with E-state index in [0.29, 0.717) is 34.1 Å². The Labute approximate surface area is 165 Å². The number of Topliss-reactive ketones (excluding diaryl/α,β-unsaturated/α-hetero) is 2. The third-order valence-corrected chi connectivity index (χ3v) is 4.48. The van der Waals surface area contributed by atoms with Gasteiger partial charge in [-0.05, 0) is 30.2 Å². The lowest BCUT2D eigenvalue weighted by Crippen LogP contribution is -2.14. The Balaban J connectivity index is 2.18. The van der Waals surface area contributed by atoms with E-state index in [-0.39, 0.29) is 30.3 Å². The van der Waals surface area contributed by atoms with Gasteiger partial charge in [0, 0.05) is 12.8 Å². The predicted molar refractivity (Wildman–Crippen MR) is 106 cm³/mol. The average molecular weight is 386 g/mol. The van der Waals surface area contributed by atoms with Gasteiger partial charge in [-0.2, -0.15) is 0 Å². The van der Waals surface area contributed by atoms with E-state index in [4.69, 9.17) is 18.9 Å². The molecule has 0 unspecified atom stereocenters. The summed E-state index contributed by atoms with van der Waals surface area (Å²) in [6, 6.07) is 10.4. The van der Waals surface area contributed by atoms with E-state index in [9.17, 15) is 9.59 Å². The van der Waals surface area contributed by atoms with Gasteiger partial charge in [-0.15, -0.1) is 0 Å². The van der Waals surface area contributed by atoms with Gasteiger partial charge in [-0.3, -0.25) is 9.59 Å². The Morgan fingerprint density at radius 1 is 0.679 bits per heavy atom. The van der Waals surface area contributed by atoms with Crippen LogP contribution in [0.15, 0.2) is 36.4 Å². The molecular weight excluding hydrogens is 360 g/mol. The molecule has 0 spiro atoms. The van der Waals surface area contributed by atoms with E-state index in [1.165, 1.54) is 28.4 Å². The van der Waals surface area contributed by atoms with Crippen LogP contribution in [-0.4, -0.2) is 40.0 Å². The van der Waals surface area contributed by atoms with Crippen LogP contribution in [0, 0.1) is 5.92 Å². The lowest BCUT2D eigenvalue weighted by atomic mass is 9.92. The number of methoxy groups -OCH3 is 4. The first-order valence-electron chi connectivity index (χ1n) is 8.95. The summed E-state index contributed by atoms with van der Waals surface area (Å²) in [4.78, 5) is 25.7. The van der Waals surface area contributed by atoms with E-state index < -0.39 is 0 Å². The lowest BCUT2D eigenvalue weighted by Gasteiger charge is -2.16. The minimum atomic E-state index is -0.191. The highest BCUT2D eigenvalue weighted by Crippen LogP contribution is 2.33. The molecule has 28 heavy (non-hydrogen) atoms. The zero-order valence-corrected chi connectivity index (χ0v) is 16.9. The molecule has 2 aromatic carbocycles. The molecule has 0 fully saturated rings. The van der Waals surface area contributed by atoms with Crippen LogP contribution in [0.2, 0.25) is 0 Å². The average Bonchev–Trinajstić information content (AvgIpc) is 2.71. The summed E-state index contributed by atoms with van der Waals surface area (Å²) in [7, 11) is 6.03. The molecule has 6 nitrogen and oxygen atoms in total. The predicted octanol–water partition coefficient (Wildman–Crippen LogP) is 4.20. The summed E-state index contributed by atoms with van der Waals surface area (Å²) in [5, 5.41) is 0. The van der Waals surface area contributed by atoms with Gasteiger partial charge < -0.3 is 18.9 Å². The molecule has 0 aliphatic heterocycles. The van der Waals surface area contributed by atoms with Crippen molar-refractivity contribution in [1.82, 2.24) is 0 Å². The third kappa shape index (κ3) is 4.63. The summed E-state index contributed by atoms with van der Waals surface area (Å²) < 4.78 is 21.2. The zero-order chi connectivity index (χ0) is 20.7. The number of ether oxygens (including phenoxy) is 4. The van der Waals surface area contributed by atoms with Crippen LogP contribution in [0.1, 0.15) is 40.5 Å². The van der Waals surface area contributed by atoms with Crippen LogP contribution in [0.4, 0.5) is 0 Å². The highest BCUT2D eigenvalue weighted by Gasteiger charge is 2.24. The Hall–Kier alpha value is -3.02. The van der Waals surface area contributed by atoms with Crippen molar-refractivity contribution >= 4 is 11.6 Å². The van der Waals surface area contributed by atoms with Gasteiger partial charge in [0.15, 0.2) is 11.6 Å². The summed E-state index contributed by atoms with van der Waals surface area (Å²) in [6.07, 6.45) is 0.361. The van der Waals surface area contributed by atoms with Gasteiger partial charge in [0.1, 0.15) is 34.1 Å². The monoisotopic (exact) mass is 386 g/mol. The van der Waals surface area contributed by atoms with Crippen molar-refractivity contribution in [3.8, 4) is 23.0 Å². The van der Waals surface area contributed by atoms with Gasteiger partial charge in [0.05, 0.1) is 28.4 Å². The molecular formula is C22H26O6. The number of benzene rings is 2. The smallest absolute Gasteiger partial charge is 0.170 e. The van der Waals surface area contributed by atoms with Crippen molar-refractivity contribution in [2.24, 2.45) is 5.92 Å². The molecule has 150 valence electrons. The maximum absolute atomic E-state index is 12.9. The van der Waals surface area contributed by atoms with Crippen molar-refractivity contribution in [3.63, 3.8) is 0 Å². The quantitative estimate of drug-likeness (QED) is 0.570. The maximum atomic E-state index is 12.9. The van der Waals surface area contributed by atoms with Crippen LogP contribution >= 0.6 is 0 Å². The molecule has 0 aromatic heterocycles. The van der Waals surface area contributed by atoms with Crippen LogP contribution in [0.5, 0.6) is 23.0 Å². The first-order valence-corrected chi connectivity index (χ1v) is 8.95. The molecule has 0 aliphatic carbocycles. The van der Waals surface area contributed by atoms with Crippen molar-refractivity contribution < 1.29 is 28.5 Å². The zero-order valence-electron chi connectivity index (χ0n) is 16.9. The standard InChI is InChI=1S/C22H26O6/c1-14(12-15(23)21-17(25-2)8-6-9-18(21)26-3)13-16(24)22-19(27-4)10-7-11-20(22)28-5/h6-11,14H,12-13H2,1-5H3. The fraction of sp³-hybridized carbons (Fsp3) is 0.364.